The van der Waals surface area contributed by atoms with Crippen LogP contribution < -0.4 is 9.62 Å². The highest BCUT2D eigenvalue weighted by molar-refractivity contribution is 7.92. The minimum Gasteiger partial charge on any atom is -0.480 e. The summed E-state index contributed by atoms with van der Waals surface area (Å²) < 4.78 is 32.5. The van der Waals surface area contributed by atoms with Crippen molar-refractivity contribution in [3.8, 4) is 0 Å². The molecule has 0 saturated carbocycles. The van der Waals surface area contributed by atoms with Crippen LogP contribution in [-0.4, -0.2) is 46.3 Å². The summed E-state index contributed by atoms with van der Waals surface area (Å²) in [6, 6.07) is 10.5. The zero-order valence-corrected chi connectivity index (χ0v) is 16.2. The summed E-state index contributed by atoms with van der Waals surface area (Å²) in [7, 11) is -2.24. The molecule has 0 unspecified atom stereocenters. The molecule has 0 amide bonds. The van der Waals surface area contributed by atoms with E-state index in [1.54, 1.807) is 18.2 Å². The van der Waals surface area contributed by atoms with Gasteiger partial charge in [0.2, 0.25) is 0 Å². The topological polar surface area (TPSA) is 95.9 Å². The quantitative estimate of drug-likeness (QED) is 0.710. The Kier molecular flexibility index (Phi) is 5.59. The number of carboxylic acid groups (broad SMARTS) is 1. The van der Waals surface area contributed by atoms with Crippen molar-refractivity contribution in [1.82, 2.24) is 0 Å². The van der Waals surface area contributed by atoms with Gasteiger partial charge in [-0.05, 0) is 23.8 Å². The van der Waals surface area contributed by atoms with Gasteiger partial charge in [0, 0.05) is 36.3 Å². The standard InChI is InChI=1S/C18H19ClN2O5S/c1-21-16-5-3-2-4-12(16)8-14-15(20-6-7-26-11-18(22)23)9-13(19)10-17(14)27(21,24)25/h2-5,9-10,20H,6-8,11H2,1H3,(H,22,23). The number of sulfonamides is 1. The second kappa shape index (κ2) is 7.75. The van der Waals surface area contributed by atoms with E-state index in [-0.39, 0.29) is 18.1 Å². The molecular weight excluding hydrogens is 392 g/mol. The van der Waals surface area contributed by atoms with Crippen molar-refractivity contribution in [2.75, 3.05) is 36.4 Å². The first-order valence-electron chi connectivity index (χ1n) is 8.23. The Labute approximate surface area is 162 Å². The second-order valence-corrected chi connectivity index (χ2v) is 8.46. The van der Waals surface area contributed by atoms with Crippen LogP contribution in [0.3, 0.4) is 0 Å². The molecule has 0 radical (unpaired) electrons. The van der Waals surface area contributed by atoms with Gasteiger partial charge >= 0.3 is 5.97 Å². The average molecular weight is 411 g/mol. The number of para-hydroxylation sites is 1. The Bertz CT molecular complexity index is 978. The third kappa shape index (κ3) is 4.02. The van der Waals surface area contributed by atoms with Gasteiger partial charge in [-0.15, -0.1) is 0 Å². The molecule has 9 heteroatoms. The summed E-state index contributed by atoms with van der Waals surface area (Å²) in [6.07, 6.45) is 0.421. The molecule has 2 aromatic rings. The normalized spacial score (nSPS) is 14.8. The maximum Gasteiger partial charge on any atom is 0.329 e. The smallest absolute Gasteiger partial charge is 0.329 e. The third-order valence-electron chi connectivity index (χ3n) is 4.30. The number of halogens is 1. The second-order valence-electron chi connectivity index (χ2n) is 6.08. The number of aliphatic carboxylic acids is 1. The van der Waals surface area contributed by atoms with Gasteiger partial charge in [-0.2, -0.15) is 0 Å². The number of ether oxygens (including phenoxy) is 1. The lowest BCUT2D eigenvalue weighted by Crippen LogP contribution is -2.26. The molecule has 0 spiro atoms. The van der Waals surface area contributed by atoms with E-state index < -0.39 is 16.0 Å². The van der Waals surface area contributed by atoms with E-state index in [1.807, 2.05) is 12.1 Å². The number of benzene rings is 2. The Morgan fingerprint density at radius 2 is 2.07 bits per heavy atom. The Morgan fingerprint density at radius 1 is 1.33 bits per heavy atom. The number of hydrogen-bond acceptors (Lipinski definition) is 5. The summed E-state index contributed by atoms with van der Waals surface area (Å²) >= 11 is 6.17. The fourth-order valence-corrected chi connectivity index (χ4v) is 4.82. The molecule has 0 atom stereocenters. The van der Waals surface area contributed by atoms with Crippen molar-refractivity contribution >= 4 is 39.0 Å². The van der Waals surface area contributed by atoms with Gasteiger partial charge in [-0.1, -0.05) is 29.8 Å². The maximum atomic E-state index is 13.1. The minimum atomic E-state index is -3.76. The maximum absolute atomic E-state index is 13.1. The molecule has 1 heterocycles. The highest BCUT2D eigenvalue weighted by Crippen LogP contribution is 2.38. The van der Waals surface area contributed by atoms with E-state index in [0.29, 0.717) is 34.9 Å². The highest BCUT2D eigenvalue weighted by atomic mass is 35.5. The van der Waals surface area contributed by atoms with Gasteiger partial charge in [0.1, 0.15) is 6.61 Å². The first kappa shape index (κ1) is 19.5. The van der Waals surface area contributed by atoms with E-state index in [4.69, 9.17) is 21.4 Å². The molecule has 3 rings (SSSR count). The molecule has 144 valence electrons. The molecule has 1 aliphatic rings. The predicted molar refractivity (Wildman–Crippen MR) is 103 cm³/mol. The van der Waals surface area contributed by atoms with E-state index in [1.165, 1.54) is 17.4 Å². The van der Waals surface area contributed by atoms with Crippen molar-refractivity contribution in [3.05, 3.63) is 52.5 Å². The zero-order chi connectivity index (χ0) is 19.6. The number of carboxylic acids is 1. The van der Waals surface area contributed by atoms with Crippen molar-refractivity contribution in [2.24, 2.45) is 0 Å². The molecule has 1 aliphatic heterocycles. The molecule has 0 aliphatic carbocycles. The van der Waals surface area contributed by atoms with E-state index in [2.05, 4.69) is 5.32 Å². The lowest BCUT2D eigenvalue weighted by atomic mass is 10.0. The molecule has 27 heavy (non-hydrogen) atoms. The fourth-order valence-electron chi connectivity index (χ4n) is 3.03. The molecule has 0 saturated heterocycles. The SMILES string of the molecule is CN1c2ccccc2Cc2c(NCCOCC(=O)O)cc(Cl)cc2S1(=O)=O. The van der Waals surface area contributed by atoms with Gasteiger partial charge in [-0.3, -0.25) is 4.31 Å². The fraction of sp³-hybridized carbons (Fsp3) is 0.278. The molecule has 0 fully saturated rings. The Morgan fingerprint density at radius 3 is 2.81 bits per heavy atom. The summed E-state index contributed by atoms with van der Waals surface area (Å²) in [4.78, 5) is 10.6. The van der Waals surface area contributed by atoms with E-state index in [9.17, 15) is 13.2 Å². The number of rotatable bonds is 6. The summed E-state index contributed by atoms with van der Waals surface area (Å²) in [5.41, 5.74) is 2.72. The summed E-state index contributed by atoms with van der Waals surface area (Å²) in [6.45, 7) is 0.0936. The van der Waals surface area contributed by atoms with Crippen molar-refractivity contribution in [1.29, 1.82) is 0 Å². The molecule has 0 bridgehead atoms. The molecule has 0 aromatic heterocycles. The molecule has 2 N–H and O–H groups in total. The van der Waals surface area contributed by atoms with Crippen LogP contribution in [-0.2, 0) is 26.0 Å². The lowest BCUT2D eigenvalue weighted by Gasteiger charge is -2.20. The third-order valence-corrected chi connectivity index (χ3v) is 6.35. The summed E-state index contributed by atoms with van der Waals surface area (Å²) in [5, 5.41) is 12.0. The van der Waals surface area contributed by atoms with Crippen LogP contribution in [0.4, 0.5) is 11.4 Å². The van der Waals surface area contributed by atoms with Crippen LogP contribution in [0.5, 0.6) is 0 Å². The molecule has 7 nitrogen and oxygen atoms in total. The van der Waals surface area contributed by atoms with Gasteiger partial charge in [0.15, 0.2) is 0 Å². The number of nitrogens with zero attached hydrogens (tertiary/aromatic N) is 1. The lowest BCUT2D eigenvalue weighted by molar-refractivity contribution is -0.142. The van der Waals surface area contributed by atoms with Crippen molar-refractivity contribution in [2.45, 2.75) is 11.3 Å². The predicted octanol–water partition coefficient (Wildman–Crippen LogP) is 2.58. The van der Waals surface area contributed by atoms with E-state index in [0.717, 1.165) is 5.56 Å². The Balaban J connectivity index is 1.97. The van der Waals surface area contributed by atoms with Gasteiger partial charge in [0.25, 0.3) is 10.0 Å². The number of fused-ring (bicyclic) bond motifs is 2. The van der Waals surface area contributed by atoms with Crippen molar-refractivity contribution < 1.29 is 23.1 Å². The van der Waals surface area contributed by atoms with Crippen LogP contribution in [0.25, 0.3) is 0 Å². The van der Waals surface area contributed by atoms with Crippen molar-refractivity contribution in [3.63, 3.8) is 0 Å². The number of hydrogen-bond donors (Lipinski definition) is 2. The van der Waals surface area contributed by atoms with Crippen LogP contribution in [0, 0.1) is 0 Å². The van der Waals surface area contributed by atoms with Gasteiger partial charge in [0.05, 0.1) is 17.2 Å². The van der Waals surface area contributed by atoms with Gasteiger partial charge in [-0.25, -0.2) is 13.2 Å². The van der Waals surface area contributed by atoms with E-state index >= 15 is 0 Å². The summed E-state index contributed by atoms with van der Waals surface area (Å²) in [5.74, 6) is -1.04. The first-order valence-corrected chi connectivity index (χ1v) is 10.0. The molecular formula is C18H19ClN2O5S. The van der Waals surface area contributed by atoms with Crippen LogP contribution in [0.15, 0.2) is 41.3 Å². The number of anilines is 2. The van der Waals surface area contributed by atoms with Crippen LogP contribution >= 0.6 is 11.6 Å². The van der Waals surface area contributed by atoms with Crippen LogP contribution in [0.1, 0.15) is 11.1 Å². The zero-order valence-electron chi connectivity index (χ0n) is 14.6. The van der Waals surface area contributed by atoms with Crippen LogP contribution in [0.2, 0.25) is 5.02 Å². The molecule has 2 aromatic carbocycles. The Hall–Kier alpha value is -2.29. The first-order chi connectivity index (χ1) is 12.8. The largest absolute Gasteiger partial charge is 0.480 e. The highest BCUT2D eigenvalue weighted by Gasteiger charge is 2.31. The van der Waals surface area contributed by atoms with Gasteiger partial charge < -0.3 is 15.2 Å². The number of carbonyl (C=O) groups is 1. The monoisotopic (exact) mass is 410 g/mol. The minimum absolute atomic E-state index is 0.155. The number of nitrogens with one attached hydrogen (secondary N) is 1. The average Bonchev–Trinajstić information content (AvgIpc) is 2.69.